The Bertz CT molecular complexity index is 7390. The predicted octanol–water partition coefficient (Wildman–Crippen LogP) is 32.8. The van der Waals surface area contributed by atoms with E-state index in [1.807, 2.05) is 355 Å². The van der Waals surface area contributed by atoms with E-state index in [4.69, 9.17) is 0 Å². The van der Waals surface area contributed by atoms with Crippen LogP contribution >= 0.6 is 34.0 Å². The van der Waals surface area contributed by atoms with Crippen molar-refractivity contribution < 1.29 is 60.3 Å². The zero-order chi connectivity index (χ0) is 95.2. The number of fused-ring (bicyclic) bond motifs is 9. The molecule has 0 atom stereocenters. The predicted molar refractivity (Wildman–Crippen MR) is 578 cm³/mol. The average Bonchev–Trinajstić information content (AvgIpc) is 1.63. The zero-order valence-electron chi connectivity index (χ0n) is 79.1. The topological polar surface area (TPSA) is 116 Å². The van der Waals surface area contributed by atoms with Crippen molar-refractivity contribution in [3.63, 3.8) is 0 Å². The summed E-state index contributed by atoms with van der Waals surface area (Å²) in [5, 5.41) is 7.81. The Hall–Kier alpha value is -14.4. The van der Waals surface area contributed by atoms with Gasteiger partial charge in [0.05, 0.1) is 0 Å². The summed E-state index contributed by atoms with van der Waals surface area (Å²) in [6, 6.07) is 163. The smallest absolute Gasteiger partial charge is 0.304 e. The second-order valence-corrected chi connectivity index (χ2v) is 35.7. The number of hydrogen-bond donors (Lipinski definition) is 0. The largest absolute Gasteiger partial charge is 3.00 e. The second-order valence-electron chi connectivity index (χ2n) is 32.4. The van der Waals surface area contributed by atoms with Crippen molar-refractivity contribution in [3.05, 3.63) is 524 Å². The summed E-state index contributed by atoms with van der Waals surface area (Å²) >= 11 is 5.46. The van der Waals surface area contributed by atoms with Crippen LogP contribution in [-0.2, 0) is 60.3 Å². The van der Waals surface area contributed by atoms with Crippen LogP contribution < -0.4 is 0 Å². The van der Waals surface area contributed by atoms with Crippen LogP contribution in [0.4, 0.5) is 0 Å². The quantitative estimate of drug-likeness (QED) is 0.130. The molecule has 12 aromatic carbocycles. The molecule has 0 amide bonds. The van der Waals surface area contributed by atoms with Gasteiger partial charge in [-0.3, -0.25) is 0 Å². The van der Waals surface area contributed by atoms with Crippen molar-refractivity contribution in [2.75, 3.05) is 0 Å². The Kier molecular flexibility index (Phi) is 38.8. The van der Waals surface area contributed by atoms with Gasteiger partial charge in [-0.2, -0.15) is 34.0 Å². The number of rotatable bonds is 9. The van der Waals surface area contributed by atoms with Crippen molar-refractivity contribution in [3.8, 4) is 101 Å². The SMILES string of the molecule is Cc1ccc(-c2[c-]cc3c(c2)sc2ccccc23)nc1.Cc1ccc(-c2[c-]cc3sc4ccccc4c3c2)nc1.Cc1ccc(-c2[c-]ccc3c2sc2ccccc23)nc1.Cc1cccc(-c2[c-]cccc2)n1.Cc1cccc(-c2[c-]cccc2)n1.Cc1cccc(-c2[c-]cccc2)n1.Cc1cccc(-c2[c-]cccc2)n1.Cc1cccc(-c2[c-]cccc2)n1.Cc1cccc(-c2[c-]cccc2)n1.[Ir+3].[Ir+3].[Ir+3]. The van der Waals surface area contributed by atoms with E-state index in [9.17, 15) is 0 Å². The minimum atomic E-state index is 0. The monoisotopic (exact) mass is 2410 g/mol. The van der Waals surface area contributed by atoms with E-state index in [1.165, 1.54) is 77.2 Å². The first-order valence-electron chi connectivity index (χ1n) is 45.3. The first-order valence-corrected chi connectivity index (χ1v) is 47.8. The minimum absolute atomic E-state index is 0. The molecule has 15 heteroatoms. The van der Waals surface area contributed by atoms with Crippen LogP contribution in [0.1, 0.15) is 50.9 Å². The van der Waals surface area contributed by atoms with Crippen LogP contribution in [0, 0.1) is 117 Å². The number of aromatic nitrogens is 9. The van der Waals surface area contributed by atoms with Crippen molar-refractivity contribution in [1.82, 2.24) is 44.9 Å². The normalized spacial score (nSPS) is 10.3. The average molecular weight is 2410 g/mol. The van der Waals surface area contributed by atoms with Crippen LogP contribution in [0.2, 0.25) is 0 Å². The maximum atomic E-state index is 4.54. The van der Waals surface area contributed by atoms with E-state index in [1.54, 1.807) is 0 Å². The first-order chi connectivity index (χ1) is 67.6. The Labute approximate surface area is 879 Å². The van der Waals surface area contributed by atoms with Crippen molar-refractivity contribution in [1.29, 1.82) is 0 Å². The molecule has 0 aliphatic carbocycles. The van der Waals surface area contributed by atoms with E-state index in [2.05, 4.69) is 260 Å². The van der Waals surface area contributed by atoms with Gasteiger partial charge in [0.25, 0.3) is 0 Å². The Balaban J connectivity index is 0.000000134. The van der Waals surface area contributed by atoms with E-state index in [0.29, 0.717) is 0 Å². The van der Waals surface area contributed by atoms with Gasteiger partial charge in [-0.25, -0.2) is 0 Å². The molecular weight excluding hydrogens is 2310 g/mol. The molecule has 0 saturated carbocycles. The molecule has 0 radical (unpaired) electrons. The molecule has 0 N–H and O–H groups in total. The molecule has 0 fully saturated rings. The molecule has 24 rings (SSSR count). The molecule has 690 valence electrons. The van der Waals surface area contributed by atoms with Crippen LogP contribution in [0.3, 0.4) is 0 Å². The molecule has 0 aliphatic heterocycles. The van der Waals surface area contributed by atoms with Gasteiger partial charge in [0.15, 0.2) is 0 Å². The van der Waals surface area contributed by atoms with E-state index in [0.717, 1.165) is 135 Å². The third-order valence-corrected chi connectivity index (χ3v) is 25.2. The summed E-state index contributed by atoms with van der Waals surface area (Å²) < 4.78 is 7.81. The fourth-order valence-electron chi connectivity index (χ4n) is 14.9. The number of benzene rings is 12. The maximum absolute atomic E-state index is 4.54. The molecule has 12 heterocycles. The second kappa shape index (κ2) is 52.6. The third-order valence-electron chi connectivity index (χ3n) is 21.7. The van der Waals surface area contributed by atoms with E-state index < -0.39 is 0 Å². The fraction of sp³-hybridized carbons (Fsp3) is 0.0714. The molecule has 0 saturated heterocycles. The third kappa shape index (κ3) is 29.1. The molecule has 12 aromatic heterocycles. The minimum Gasteiger partial charge on any atom is -0.304 e. The number of pyridine rings is 9. The van der Waals surface area contributed by atoms with Gasteiger partial charge in [0.1, 0.15) is 0 Å². The zero-order valence-corrected chi connectivity index (χ0v) is 88.7. The number of aryl methyl sites for hydroxylation is 9. The molecule has 24 aromatic rings. The summed E-state index contributed by atoms with van der Waals surface area (Å²) in [7, 11) is 0. The molecule has 0 unspecified atom stereocenters. The van der Waals surface area contributed by atoms with Gasteiger partial charge in [0, 0.05) is 66.9 Å². The maximum Gasteiger partial charge on any atom is 3.00 e. The molecule has 141 heavy (non-hydrogen) atoms. The van der Waals surface area contributed by atoms with Gasteiger partial charge in [0.2, 0.25) is 0 Å². The number of hydrogen-bond acceptors (Lipinski definition) is 12. The Morgan fingerprint density at radius 1 is 0.184 bits per heavy atom. The van der Waals surface area contributed by atoms with Crippen molar-refractivity contribution in [2.24, 2.45) is 0 Å². The van der Waals surface area contributed by atoms with Crippen LogP contribution in [0.5, 0.6) is 0 Å². The van der Waals surface area contributed by atoms with E-state index >= 15 is 0 Å². The summed E-state index contributed by atoms with van der Waals surface area (Å²) in [6.07, 6.45) is 5.71. The Morgan fingerprint density at radius 2 is 0.475 bits per heavy atom. The Morgan fingerprint density at radius 3 is 0.794 bits per heavy atom. The fourth-order valence-corrected chi connectivity index (χ4v) is 18.3. The summed E-state index contributed by atoms with van der Waals surface area (Å²) in [5.41, 5.74) is 28.1. The molecule has 0 aliphatic rings. The standard InChI is InChI=1S/3C18H12NS.6C12H10N.3Ir/c1-12-9-10-16(19-11-12)15-7-4-6-14-13-5-2-3-8-17(13)20-18(14)15;1-12-6-9-16(19-11-12)13-7-8-15-14-4-2-3-5-17(14)20-18(15)10-13;1-12-6-8-16(19-11-12)13-7-9-18-15(10-13)14-4-2-3-5-17(14)20-18;6*1-10-6-5-9-12(13-10)11-7-3-2-4-8-11;;;/h3*2-6,8-11H,1H3;6*2-7,9H,1H3;;;/q9*-1;3*+3. The molecule has 0 spiro atoms. The summed E-state index contributed by atoms with van der Waals surface area (Å²) in [6.45, 7) is 18.1. The van der Waals surface area contributed by atoms with Crippen molar-refractivity contribution in [2.45, 2.75) is 62.3 Å². The summed E-state index contributed by atoms with van der Waals surface area (Å²) in [4.78, 5) is 40.0. The van der Waals surface area contributed by atoms with Gasteiger partial charge in [-0.15, -0.1) is 287 Å². The van der Waals surface area contributed by atoms with Crippen molar-refractivity contribution >= 4 is 94.5 Å². The van der Waals surface area contributed by atoms with Gasteiger partial charge >= 0.3 is 60.3 Å². The van der Waals surface area contributed by atoms with Gasteiger partial charge in [-0.05, 0) is 215 Å². The van der Waals surface area contributed by atoms with Crippen LogP contribution in [-0.4, -0.2) is 44.9 Å². The molecular formula is C126H96Ir3N9S3. The van der Waals surface area contributed by atoms with Gasteiger partial charge < -0.3 is 44.9 Å². The molecule has 9 nitrogen and oxygen atoms in total. The number of nitrogens with zero attached hydrogens (tertiary/aromatic N) is 9. The van der Waals surface area contributed by atoms with Gasteiger partial charge in [-0.1, -0.05) is 180 Å². The van der Waals surface area contributed by atoms with E-state index in [-0.39, 0.29) is 60.3 Å². The van der Waals surface area contributed by atoms with Crippen LogP contribution in [0.15, 0.2) is 419 Å². The molecule has 0 bridgehead atoms. The summed E-state index contributed by atoms with van der Waals surface area (Å²) in [5.74, 6) is 0. The number of thiophene rings is 3. The first kappa shape index (κ1) is 104. The van der Waals surface area contributed by atoms with Crippen LogP contribution in [0.25, 0.3) is 162 Å².